The minimum absolute atomic E-state index is 0.137. The number of methoxy groups -OCH3 is 1. The summed E-state index contributed by atoms with van der Waals surface area (Å²) < 4.78 is 30.4. The summed E-state index contributed by atoms with van der Waals surface area (Å²) in [5.41, 5.74) is 2.75. The van der Waals surface area contributed by atoms with Crippen LogP contribution in [0.1, 0.15) is 18.1 Å². The number of benzene rings is 2. The quantitative estimate of drug-likeness (QED) is 0.559. The smallest absolute Gasteiger partial charge is 0.338 e. The van der Waals surface area contributed by atoms with E-state index in [1.54, 1.807) is 19.1 Å². The molecule has 2 aromatic carbocycles. The summed E-state index contributed by atoms with van der Waals surface area (Å²) in [7, 11) is 1.34. The highest BCUT2D eigenvalue weighted by molar-refractivity contribution is 6.16. The van der Waals surface area contributed by atoms with E-state index in [1.807, 2.05) is 30.3 Å². The van der Waals surface area contributed by atoms with E-state index in [0.717, 1.165) is 24.3 Å². The van der Waals surface area contributed by atoms with Crippen LogP contribution in [0.15, 0.2) is 48.5 Å². The lowest BCUT2D eigenvalue weighted by molar-refractivity contribution is -0.133. The summed E-state index contributed by atoms with van der Waals surface area (Å²) in [6, 6.07) is 12.3. The molecule has 0 atom stereocenters. The average Bonchev–Trinajstić information content (AvgIpc) is 2.74. The molecule has 1 saturated heterocycles. The normalized spacial score (nSPS) is 14.7. The third-order valence-electron chi connectivity index (χ3n) is 4.68. The van der Waals surface area contributed by atoms with Gasteiger partial charge in [0.2, 0.25) is 0 Å². The van der Waals surface area contributed by atoms with Gasteiger partial charge in [0.25, 0.3) is 0 Å². The van der Waals surface area contributed by atoms with Gasteiger partial charge < -0.3 is 19.1 Å². The van der Waals surface area contributed by atoms with Gasteiger partial charge >= 0.3 is 5.97 Å². The van der Waals surface area contributed by atoms with Crippen molar-refractivity contribution < 1.29 is 23.4 Å². The first kappa shape index (κ1) is 19.9. The molecule has 0 aliphatic carbocycles. The topological polar surface area (TPSA) is 48.0 Å². The zero-order valence-electron chi connectivity index (χ0n) is 16.1. The molecule has 2 aromatic rings. The third-order valence-corrected chi connectivity index (χ3v) is 4.68. The Kier molecular flexibility index (Phi) is 6.66. The van der Waals surface area contributed by atoms with Crippen molar-refractivity contribution in [2.24, 2.45) is 0 Å². The molecule has 3 rings (SSSR count). The van der Waals surface area contributed by atoms with Gasteiger partial charge in [0, 0.05) is 24.8 Å². The Hall–Kier alpha value is -2.86. The van der Waals surface area contributed by atoms with Gasteiger partial charge in [-0.3, -0.25) is 0 Å². The second-order valence-electron chi connectivity index (χ2n) is 6.35. The molecule has 0 bridgehead atoms. The Morgan fingerprint density at radius 3 is 2.64 bits per heavy atom. The lowest BCUT2D eigenvalue weighted by Crippen LogP contribution is -2.36. The van der Waals surface area contributed by atoms with Gasteiger partial charge in [-0.25, -0.2) is 9.18 Å². The van der Waals surface area contributed by atoms with Crippen molar-refractivity contribution in [2.45, 2.75) is 13.5 Å². The van der Waals surface area contributed by atoms with E-state index in [9.17, 15) is 9.18 Å². The molecule has 0 amide bonds. The Labute approximate surface area is 164 Å². The molecule has 0 aromatic heterocycles. The van der Waals surface area contributed by atoms with Gasteiger partial charge in [-0.15, -0.1) is 0 Å². The highest BCUT2D eigenvalue weighted by Gasteiger charge is 2.17. The van der Waals surface area contributed by atoms with Gasteiger partial charge in [-0.05, 0) is 30.2 Å². The lowest BCUT2D eigenvalue weighted by atomic mass is 10.00. The fourth-order valence-electron chi connectivity index (χ4n) is 3.18. The first-order valence-corrected chi connectivity index (χ1v) is 9.22. The van der Waals surface area contributed by atoms with E-state index >= 15 is 0 Å². The minimum atomic E-state index is -0.420. The van der Waals surface area contributed by atoms with E-state index in [4.69, 9.17) is 14.2 Å². The summed E-state index contributed by atoms with van der Waals surface area (Å²) in [5.74, 6) is -0.663. The van der Waals surface area contributed by atoms with Crippen molar-refractivity contribution in [3.05, 3.63) is 65.5 Å². The number of esters is 1. The first-order chi connectivity index (χ1) is 13.6. The predicted molar refractivity (Wildman–Crippen MR) is 106 cm³/mol. The molecule has 0 unspecified atom stereocenters. The van der Waals surface area contributed by atoms with Crippen LogP contribution in [-0.2, 0) is 20.9 Å². The third kappa shape index (κ3) is 4.51. The summed E-state index contributed by atoms with van der Waals surface area (Å²) >= 11 is 0. The zero-order chi connectivity index (χ0) is 19.9. The maximum absolute atomic E-state index is 14.5. The van der Waals surface area contributed by atoms with Crippen molar-refractivity contribution in [3.63, 3.8) is 0 Å². The minimum Gasteiger partial charge on any atom is -0.486 e. The van der Waals surface area contributed by atoms with E-state index < -0.39 is 11.8 Å². The maximum atomic E-state index is 14.5. The van der Waals surface area contributed by atoms with Gasteiger partial charge in [-0.1, -0.05) is 30.3 Å². The fourth-order valence-corrected chi connectivity index (χ4v) is 3.18. The molecular formula is C22H24FNO4. The highest BCUT2D eigenvalue weighted by Crippen LogP contribution is 2.27. The number of morpholine rings is 1. The molecule has 148 valence electrons. The number of ether oxygens (including phenoxy) is 3. The summed E-state index contributed by atoms with van der Waals surface area (Å²) in [6.07, 6.45) is 1.70. The SMILES string of the molecule is CC=C(C(=O)OC)c1ccccc1COc1ccc(N2CCOCC2)cc1F. The molecule has 1 fully saturated rings. The van der Waals surface area contributed by atoms with Crippen LogP contribution in [0.25, 0.3) is 5.57 Å². The van der Waals surface area contributed by atoms with Crippen LogP contribution >= 0.6 is 0 Å². The van der Waals surface area contributed by atoms with Crippen molar-refractivity contribution in [2.75, 3.05) is 38.3 Å². The zero-order valence-corrected chi connectivity index (χ0v) is 16.1. The number of rotatable bonds is 6. The van der Waals surface area contributed by atoms with Gasteiger partial charge in [0.1, 0.15) is 6.61 Å². The first-order valence-electron chi connectivity index (χ1n) is 9.22. The second kappa shape index (κ2) is 9.37. The summed E-state index contributed by atoms with van der Waals surface area (Å²) in [5, 5.41) is 0. The van der Waals surface area contributed by atoms with E-state index in [2.05, 4.69) is 4.90 Å². The second-order valence-corrected chi connectivity index (χ2v) is 6.35. The molecule has 28 heavy (non-hydrogen) atoms. The van der Waals surface area contributed by atoms with E-state index in [0.29, 0.717) is 24.4 Å². The number of halogens is 1. The van der Waals surface area contributed by atoms with Crippen LogP contribution in [0.3, 0.4) is 0 Å². The van der Waals surface area contributed by atoms with Crippen LogP contribution < -0.4 is 9.64 Å². The van der Waals surface area contributed by atoms with Crippen LogP contribution in [0.2, 0.25) is 0 Å². The number of anilines is 1. The van der Waals surface area contributed by atoms with E-state index in [1.165, 1.54) is 13.2 Å². The number of hydrogen-bond donors (Lipinski definition) is 0. The van der Waals surface area contributed by atoms with Crippen molar-refractivity contribution in [3.8, 4) is 5.75 Å². The number of hydrogen-bond acceptors (Lipinski definition) is 5. The van der Waals surface area contributed by atoms with Crippen LogP contribution in [0.5, 0.6) is 5.75 Å². The Bertz CT molecular complexity index is 859. The van der Waals surface area contributed by atoms with Gasteiger partial charge in [0.15, 0.2) is 11.6 Å². The molecular weight excluding hydrogens is 361 g/mol. The largest absolute Gasteiger partial charge is 0.486 e. The molecule has 1 aliphatic rings. The standard InChI is InChI=1S/C22H24FNO4/c1-3-18(22(25)26-2)19-7-5-4-6-16(19)15-28-21-9-8-17(14-20(21)23)24-10-12-27-13-11-24/h3-9,14H,10-13,15H2,1-2H3. The molecule has 0 spiro atoms. The number of nitrogens with zero attached hydrogens (tertiary/aromatic N) is 1. The molecule has 0 radical (unpaired) electrons. The van der Waals surface area contributed by atoms with Crippen LogP contribution in [-0.4, -0.2) is 39.4 Å². The average molecular weight is 385 g/mol. The van der Waals surface area contributed by atoms with Gasteiger partial charge in [-0.2, -0.15) is 0 Å². The number of allylic oxidation sites excluding steroid dienone is 1. The molecule has 1 heterocycles. The molecule has 0 N–H and O–H groups in total. The molecule has 1 aliphatic heterocycles. The van der Waals surface area contributed by atoms with Crippen molar-refractivity contribution in [1.82, 2.24) is 0 Å². The molecule has 6 heteroatoms. The predicted octanol–water partition coefficient (Wildman–Crippen LogP) is 3.82. The van der Waals surface area contributed by atoms with Crippen LogP contribution in [0, 0.1) is 5.82 Å². The number of carbonyl (C=O) groups excluding carboxylic acids is 1. The maximum Gasteiger partial charge on any atom is 0.338 e. The number of carbonyl (C=O) groups is 1. The van der Waals surface area contributed by atoms with Gasteiger partial charge in [0.05, 0.1) is 25.9 Å². The van der Waals surface area contributed by atoms with E-state index in [-0.39, 0.29) is 12.4 Å². The summed E-state index contributed by atoms with van der Waals surface area (Å²) in [6.45, 7) is 4.68. The highest BCUT2D eigenvalue weighted by atomic mass is 19.1. The van der Waals surface area contributed by atoms with Crippen molar-refractivity contribution in [1.29, 1.82) is 0 Å². The van der Waals surface area contributed by atoms with Crippen LogP contribution in [0.4, 0.5) is 10.1 Å². The Balaban J connectivity index is 1.75. The van der Waals surface area contributed by atoms with Crippen molar-refractivity contribution >= 4 is 17.2 Å². The molecule has 0 saturated carbocycles. The Morgan fingerprint density at radius 1 is 1.21 bits per heavy atom. The monoisotopic (exact) mass is 385 g/mol. The molecule has 5 nitrogen and oxygen atoms in total. The Morgan fingerprint density at radius 2 is 1.96 bits per heavy atom. The summed E-state index contributed by atoms with van der Waals surface area (Å²) in [4.78, 5) is 14.1. The fraction of sp³-hybridized carbons (Fsp3) is 0.318. The lowest BCUT2D eigenvalue weighted by Gasteiger charge is -2.29.